The third-order valence-corrected chi connectivity index (χ3v) is 2.72. The maximum Gasteiger partial charge on any atom is 0.0560 e. The molecular weight excluding hydrogens is 212 g/mol. The van der Waals surface area contributed by atoms with Crippen molar-refractivity contribution < 1.29 is 0 Å². The highest BCUT2D eigenvalue weighted by Gasteiger charge is 2.04. The zero-order valence-corrected chi connectivity index (χ0v) is 10.0. The number of rotatable bonds is 5. The fourth-order valence-electron chi connectivity index (χ4n) is 1.73. The Morgan fingerprint density at radius 2 is 2.18 bits per heavy atom. The van der Waals surface area contributed by atoms with E-state index >= 15 is 0 Å². The SMILES string of the molecule is CC(Cn1cccn1)NCc1ccccc1N. The average molecular weight is 230 g/mol. The summed E-state index contributed by atoms with van der Waals surface area (Å²) in [5.41, 5.74) is 7.86. The van der Waals surface area contributed by atoms with E-state index in [0.29, 0.717) is 6.04 Å². The molecule has 4 nitrogen and oxygen atoms in total. The van der Waals surface area contributed by atoms with Crippen LogP contribution < -0.4 is 11.1 Å². The van der Waals surface area contributed by atoms with Gasteiger partial charge in [-0.25, -0.2) is 0 Å². The van der Waals surface area contributed by atoms with Crippen molar-refractivity contribution in [2.24, 2.45) is 0 Å². The van der Waals surface area contributed by atoms with E-state index in [0.717, 1.165) is 24.3 Å². The molecule has 17 heavy (non-hydrogen) atoms. The molecule has 0 saturated heterocycles. The van der Waals surface area contributed by atoms with Crippen LogP contribution in [-0.2, 0) is 13.1 Å². The number of benzene rings is 1. The second-order valence-electron chi connectivity index (χ2n) is 4.21. The third kappa shape index (κ3) is 3.32. The Hall–Kier alpha value is -1.81. The van der Waals surface area contributed by atoms with Crippen LogP contribution in [0.1, 0.15) is 12.5 Å². The number of anilines is 1. The van der Waals surface area contributed by atoms with Crippen molar-refractivity contribution in [2.45, 2.75) is 26.1 Å². The maximum atomic E-state index is 5.89. The summed E-state index contributed by atoms with van der Waals surface area (Å²) in [7, 11) is 0. The number of para-hydroxylation sites is 1. The highest BCUT2D eigenvalue weighted by Crippen LogP contribution is 2.09. The zero-order valence-electron chi connectivity index (χ0n) is 10.0. The molecule has 3 N–H and O–H groups in total. The molecule has 0 fully saturated rings. The Balaban J connectivity index is 1.84. The topological polar surface area (TPSA) is 55.9 Å². The van der Waals surface area contributed by atoms with Crippen LogP contribution in [0.25, 0.3) is 0 Å². The van der Waals surface area contributed by atoms with Crippen LogP contribution in [0.3, 0.4) is 0 Å². The summed E-state index contributed by atoms with van der Waals surface area (Å²) in [6.07, 6.45) is 3.76. The molecule has 0 saturated carbocycles. The Bertz CT molecular complexity index is 450. The quantitative estimate of drug-likeness (QED) is 0.768. The van der Waals surface area contributed by atoms with Gasteiger partial charge < -0.3 is 11.1 Å². The molecule has 1 atom stereocenters. The van der Waals surface area contributed by atoms with Gasteiger partial charge in [-0.05, 0) is 24.6 Å². The van der Waals surface area contributed by atoms with Gasteiger partial charge in [0, 0.05) is 30.7 Å². The lowest BCUT2D eigenvalue weighted by Crippen LogP contribution is -2.30. The average Bonchev–Trinajstić information content (AvgIpc) is 2.81. The summed E-state index contributed by atoms with van der Waals surface area (Å²) in [5, 5.41) is 7.62. The molecule has 0 aliphatic carbocycles. The van der Waals surface area contributed by atoms with Gasteiger partial charge in [-0.15, -0.1) is 0 Å². The minimum absolute atomic E-state index is 0.356. The first-order valence-corrected chi connectivity index (χ1v) is 5.80. The Kier molecular flexibility index (Phi) is 3.77. The number of nitrogens with one attached hydrogen (secondary N) is 1. The van der Waals surface area contributed by atoms with Crippen molar-refractivity contribution in [2.75, 3.05) is 5.73 Å². The normalized spacial score (nSPS) is 12.5. The van der Waals surface area contributed by atoms with E-state index in [1.165, 1.54) is 0 Å². The van der Waals surface area contributed by atoms with Crippen LogP contribution in [0.5, 0.6) is 0 Å². The highest BCUT2D eigenvalue weighted by molar-refractivity contribution is 5.46. The molecule has 0 radical (unpaired) electrons. The molecule has 0 bridgehead atoms. The summed E-state index contributed by atoms with van der Waals surface area (Å²) in [5.74, 6) is 0. The Morgan fingerprint density at radius 1 is 1.35 bits per heavy atom. The highest BCUT2D eigenvalue weighted by atomic mass is 15.3. The van der Waals surface area contributed by atoms with Crippen molar-refractivity contribution in [3.63, 3.8) is 0 Å². The molecule has 2 rings (SSSR count). The predicted molar refractivity (Wildman–Crippen MR) is 69.4 cm³/mol. The molecule has 0 aliphatic rings. The van der Waals surface area contributed by atoms with Crippen LogP contribution in [0, 0.1) is 0 Å². The molecular formula is C13H18N4. The summed E-state index contributed by atoms with van der Waals surface area (Å²) < 4.78 is 1.92. The van der Waals surface area contributed by atoms with Gasteiger partial charge in [0.05, 0.1) is 6.54 Å². The fraction of sp³-hybridized carbons (Fsp3) is 0.308. The van der Waals surface area contributed by atoms with Crippen molar-refractivity contribution in [1.29, 1.82) is 0 Å². The molecule has 2 aromatic rings. The van der Waals surface area contributed by atoms with Gasteiger partial charge in [-0.1, -0.05) is 18.2 Å². The molecule has 1 aromatic carbocycles. The number of nitrogens with two attached hydrogens (primary N) is 1. The van der Waals surface area contributed by atoms with E-state index in [-0.39, 0.29) is 0 Å². The van der Waals surface area contributed by atoms with Gasteiger partial charge in [-0.2, -0.15) is 5.10 Å². The van der Waals surface area contributed by atoms with Crippen LogP contribution in [0.2, 0.25) is 0 Å². The van der Waals surface area contributed by atoms with Gasteiger partial charge in [0.25, 0.3) is 0 Å². The second-order valence-corrected chi connectivity index (χ2v) is 4.21. The van der Waals surface area contributed by atoms with Gasteiger partial charge in [0.15, 0.2) is 0 Å². The number of hydrogen-bond donors (Lipinski definition) is 2. The van der Waals surface area contributed by atoms with Crippen LogP contribution in [0.4, 0.5) is 5.69 Å². The number of nitrogen functional groups attached to an aromatic ring is 1. The van der Waals surface area contributed by atoms with Crippen molar-refractivity contribution in [1.82, 2.24) is 15.1 Å². The minimum atomic E-state index is 0.356. The van der Waals surface area contributed by atoms with E-state index < -0.39 is 0 Å². The zero-order chi connectivity index (χ0) is 12.1. The Morgan fingerprint density at radius 3 is 2.88 bits per heavy atom. The van der Waals surface area contributed by atoms with Crippen molar-refractivity contribution >= 4 is 5.69 Å². The van der Waals surface area contributed by atoms with Crippen LogP contribution >= 0.6 is 0 Å². The van der Waals surface area contributed by atoms with Crippen molar-refractivity contribution in [3.8, 4) is 0 Å². The summed E-state index contributed by atoms with van der Waals surface area (Å²) in [6.45, 7) is 3.79. The number of aromatic nitrogens is 2. The van der Waals surface area contributed by atoms with Crippen LogP contribution in [-0.4, -0.2) is 15.8 Å². The molecule has 1 unspecified atom stereocenters. The van der Waals surface area contributed by atoms with Gasteiger partial charge >= 0.3 is 0 Å². The molecule has 1 heterocycles. The number of nitrogens with zero attached hydrogens (tertiary/aromatic N) is 2. The standard InChI is InChI=1S/C13H18N4/c1-11(10-17-8-4-7-16-17)15-9-12-5-2-3-6-13(12)14/h2-8,11,15H,9-10,14H2,1H3. The van der Waals surface area contributed by atoms with Gasteiger partial charge in [0.1, 0.15) is 0 Å². The minimum Gasteiger partial charge on any atom is -0.398 e. The van der Waals surface area contributed by atoms with E-state index in [4.69, 9.17) is 5.73 Å². The van der Waals surface area contributed by atoms with Crippen LogP contribution in [0.15, 0.2) is 42.7 Å². The van der Waals surface area contributed by atoms with Crippen molar-refractivity contribution in [3.05, 3.63) is 48.3 Å². The summed E-state index contributed by atoms with van der Waals surface area (Å²) in [6, 6.07) is 10.2. The largest absolute Gasteiger partial charge is 0.398 e. The second kappa shape index (κ2) is 5.50. The third-order valence-electron chi connectivity index (χ3n) is 2.72. The lowest BCUT2D eigenvalue weighted by atomic mass is 10.1. The molecule has 90 valence electrons. The molecule has 1 aromatic heterocycles. The first-order valence-electron chi connectivity index (χ1n) is 5.80. The summed E-state index contributed by atoms with van der Waals surface area (Å²) >= 11 is 0. The maximum absolute atomic E-state index is 5.89. The lowest BCUT2D eigenvalue weighted by Gasteiger charge is -2.14. The van der Waals surface area contributed by atoms with E-state index in [1.807, 2.05) is 41.2 Å². The monoisotopic (exact) mass is 230 g/mol. The van der Waals surface area contributed by atoms with Gasteiger partial charge in [-0.3, -0.25) is 4.68 Å². The molecule has 0 spiro atoms. The first-order chi connectivity index (χ1) is 8.25. The summed E-state index contributed by atoms with van der Waals surface area (Å²) in [4.78, 5) is 0. The predicted octanol–water partition coefficient (Wildman–Crippen LogP) is 1.64. The van der Waals surface area contributed by atoms with E-state index in [1.54, 1.807) is 6.20 Å². The van der Waals surface area contributed by atoms with Gasteiger partial charge in [0.2, 0.25) is 0 Å². The fourth-order valence-corrected chi connectivity index (χ4v) is 1.73. The molecule has 0 amide bonds. The molecule has 0 aliphatic heterocycles. The van der Waals surface area contributed by atoms with E-state index in [9.17, 15) is 0 Å². The van der Waals surface area contributed by atoms with E-state index in [2.05, 4.69) is 17.3 Å². The first kappa shape index (κ1) is 11.7. The molecule has 4 heteroatoms. The lowest BCUT2D eigenvalue weighted by molar-refractivity contribution is 0.451. The number of hydrogen-bond acceptors (Lipinski definition) is 3. The smallest absolute Gasteiger partial charge is 0.0560 e. The Labute approximate surface area is 101 Å².